The molecule has 2 N–H and O–H groups in total. The minimum absolute atomic E-state index is 0.0555. The number of fused-ring (bicyclic) bond motifs is 2. The van der Waals surface area contributed by atoms with E-state index < -0.39 is 23.8 Å². The summed E-state index contributed by atoms with van der Waals surface area (Å²) in [6.07, 6.45) is 4.01. The van der Waals surface area contributed by atoms with E-state index in [0.717, 1.165) is 116 Å². The van der Waals surface area contributed by atoms with Gasteiger partial charge in [0, 0.05) is 88.5 Å². The Morgan fingerprint density at radius 1 is 0.860 bits per heavy atom. The van der Waals surface area contributed by atoms with Gasteiger partial charge in [0.1, 0.15) is 35.2 Å². The lowest BCUT2D eigenvalue weighted by molar-refractivity contribution is -0.136. The van der Waals surface area contributed by atoms with Crippen LogP contribution in [0, 0.1) is 0 Å². The number of carbonyl (C=O) groups is 4. The van der Waals surface area contributed by atoms with Crippen molar-refractivity contribution in [2.45, 2.75) is 57.2 Å². The molecule has 0 bridgehead atoms. The van der Waals surface area contributed by atoms with Crippen molar-refractivity contribution in [2.24, 2.45) is 0 Å². The molecule has 0 spiro atoms. The van der Waals surface area contributed by atoms with Crippen molar-refractivity contribution in [3.8, 4) is 17.1 Å². The Kier molecular flexibility index (Phi) is 9.86. The summed E-state index contributed by atoms with van der Waals surface area (Å²) in [5.41, 5.74) is 3.94. The molecule has 2 aromatic carbocycles. The van der Waals surface area contributed by atoms with Crippen molar-refractivity contribution in [2.75, 3.05) is 81.9 Å². The summed E-state index contributed by atoms with van der Waals surface area (Å²) in [7, 11) is 0. The molecule has 1 unspecified atom stereocenters. The smallest absolute Gasteiger partial charge is 0.262 e. The molecule has 4 aromatic rings. The first-order valence-electron chi connectivity index (χ1n) is 20.0. The number of amides is 4. The van der Waals surface area contributed by atoms with E-state index in [4.69, 9.17) is 9.47 Å². The Labute approximate surface area is 330 Å². The summed E-state index contributed by atoms with van der Waals surface area (Å²) in [4.78, 5) is 70.0. The highest BCUT2D eigenvalue weighted by molar-refractivity contribution is 6.23. The highest BCUT2D eigenvalue weighted by Gasteiger charge is 2.45. The number of ether oxygens (including phenoxy) is 2. The molecule has 4 amide bonds. The maximum atomic E-state index is 13.3. The van der Waals surface area contributed by atoms with Crippen LogP contribution in [0.25, 0.3) is 22.3 Å². The first kappa shape index (κ1) is 37.1. The molecule has 16 heteroatoms. The number of anilines is 2. The number of carbonyl (C=O) groups excluding carboxylic acids is 4. The average Bonchev–Trinajstić information content (AvgIpc) is 3.70. The quantitative estimate of drug-likeness (QED) is 0.159. The number of nitrogens with one attached hydrogen (secondary N) is 2. The van der Waals surface area contributed by atoms with E-state index in [1.165, 1.54) is 0 Å². The van der Waals surface area contributed by atoms with E-state index in [0.29, 0.717) is 30.4 Å². The predicted octanol–water partition coefficient (Wildman–Crippen LogP) is 2.70. The summed E-state index contributed by atoms with van der Waals surface area (Å²) >= 11 is 0. The van der Waals surface area contributed by atoms with E-state index in [2.05, 4.69) is 65.0 Å². The number of H-pyrrole nitrogens is 1. The first-order chi connectivity index (χ1) is 27.6. The standard InChI is InChI=1S/C41H48N10O6/c1-26-24-50(35-23-33(42-25-43-35)37-31-22-28(57-41(2)9-10-41)4-6-32(31)45-46-37)16-15-48(26)18-20-56-19-17-47-11-13-49(14-12-47)27-3-5-29-30(21-27)40(55)51(39(29)54)34-7-8-36(52)44-38(34)53/h3-6,21-23,25-26,34H,7-20,24H2,1-2H3,(H,45,46)(H,44,52,53)/t26-,34?/m0/s1. The number of benzene rings is 2. The van der Waals surface area contributed by atoms with Crippen LogP contribution in [-0.2, 0) is 14.3 Å². The van der Waals surface area contributed by atoms with Crippen LogP contribution in [0.5, 0.6) is 5.75 Å². The predicted molar refractivity (Wildman–Crippen MR) is 211 cm³/mol. The number of aromatic amines is 1. The van der Waals surface area contributed by atoms with Gasteiger partial charge < -0.3 is 19.3 Å². The maximum absolute atomic E-state index is 13.3. The molecule has 1 aliphatic carbocycles. The Bertz CT molecular complexity index is 2210. The number of piperidine rings is 1. The van der Waals surface area contributed by atoms with Crippen LogP contribution in [0.15, 0.2) is 48.8 Å². The molecule has 6 heterocycles. The van der Waals surface area contributed by atoms with Gasteiger partial charge in [0.2, 0.25) is 11.8 Å². The zero-order chi connectivity index (χ0) is 39.3. The zero-order valence-corrected chi connectivity index (χ0v) is 32.4. The van der Waals surface area contributed by atoms with Crippen molar-refractivity contribution in [1.29, 1.82) is 0 Å². The van der Waals surface area contributed by atoms with Crippen LogP contribution < -0.4 is 19.9 Å². The number of piperazine rings is 2. The van der Waals surface area contributed by atoms with Crippen LogP contribution in [0.1, 0.15) is 60.2 Å². The summed E-state index contributed by atoms with van der Waals surface area (Å²) in [6.45, 7) is 13.3. The van der Waals surface area contributed by atoms with Crippen molar-refractivity contribution in [1.82, 2.24) is 40.2 Å². The fourth-order valence-corrected chi connectivity index (χ4v) is 8.36. The van der Waals surface area contributed by atoms with E-state index in [1.807, 2.05) is 24.3 Å². The van der Waals surface area contributed by atoms with Crippen LogP contribution >= 0.6 is 0 Å². The third-order valence-electron chi connectivity index (χ3n) is 12.1. The Balaban J connectivity index is 0.709. The fraction of sp³-hybridized carbons (Fsp3) is 0.488. The van der Waals surface area contributed by atoms with E-state index in [1.54, 1.807) is 18.5 Å². The SMILES string of the molecule is C[C@H]1CN(c2cc(-c3n[nH]c4ccc(OC5(C)CC5)cc34)ncn2)CCN1CCOCCN1CCN(c2ccc3c(c2)C(=O)N(C2CCC(=O)NC2=O)C3=O)CC1. The van der Waals surface area contributed by atoms with Crippen molar-refractivity contribution in [3.05, 3.63) is 59.9 Å². The number of rotatable bonds is 12. The van der Waals surface area contributed by atoms with Gasteiger partial charge in [-0.3, -0.25) is 44.3 Å². The minimum atomic E-state index is -0.969. The van der Waals surface area contributed by atoms with Crippen LogP contribution in [0.2, 0.25) is 0 Å². The molecule has 0 radical (unpaired) electrons. The van der Waals surface area contributed by atoms with Crippen molar-refractivity contribution < 1.29 is 28.7 Å². The van der Waals surface area contributed by atoms with Gasteiger partial charge in [0.15, 0.2) is 0 Å². The van der Waals surface area contributed by atoms with Gasteiger partial charge >= 0.3 is 0 Å². The number of hydrogen-bond acceptors (Lipinski definition) is 13. The van der Waals surface area contributed by atoms with E-state index in [-0.39, 0.29) is 24.3 Å². The molecule has 57 heavy (non-hydrogen) atoms. The van der Waals surface area contributed by atoms with Crippen molar-refractivity contribution in [3.63, 3.8) is 0 Å². The Morgan fingerprint density at radius 3 is 2.44 bits per heavy atom. The average molecular weight is 777 g/mol. The first-order valence-corrected chi connectivity index (χ1v) is 20.0. The molecule has 4 aliphatic heterocycles. The fourth-order valence-electron chi connectivity index (χ4n) is 8.36. The van der Waals surface area contributed by atoms with Gasteiger partial charge in [0.05, 0.1) is 35.6 Å². The lowest BCUT2D eigenvalue weighted by Gasteiger charge is -2.40. The minimum Gasteiger partial charge on any atom is -0.488 e. The normalized spacial score (nSPS) is 22.7. The topological polar surface area (TPSA) is 169 Å². The lowest BCUT2D eigenvalue weighted by Crippen LogP contribution is -2.54. The molecule has 5 aliphatic rings. The Hall–Kier alpha value is -5.45. The summed E-state index contributed by atoms with van der Waals surface area (Å²) in [5, 5.41) is 11.0. The molecule has 3 saturated heterocycles. The number of nitrogens with zero attached hydrogens (tertiary/aromatic N) is 8. The second-order valence-electron chi connectivity index (χ2n) is 16.0. The number of aromatic nitrogens is 4. The molecule has 2 atom stereocenters. The zero-order valence-electron chi connectivity index (χ0n) is 32.4. The second-order valence-corrected chi connectivity index (χ2v) is 16.0. The molecule has 9 rings (SSSR count). The third-order valence-corrected chi connectivity index (χ3v) is 12.1. The van der Waals surface area contributed by atoms with Gasteiger partial charge in [-0.15, -0.1) is 0 Å². The van der Waals surface area contributed by atoms with Gasteiger partial charge in [-0.1, -0.05) is 0 Å². The summed E-state index contributed by atoms with van der Waals surface area (Å²) in [5.74, 6) is -0.220. The van der Waals surface area contributed by atoms with Crippen LogP contribution in [0.4, 0.5) is 11.5 Å². The molecule has 16 nitrogen and oxygen atoms in total. The molecular weight excluding hydrogens is 729 g/mol. The number of hydrogen-bond donors (Lipinski definition) is 2. The van der Waals surface area contributed by atoms with Crippen LogP contribution in [-0.4, -0.2) is 148 Å². The highest BCUT2D eigenvalue weighted by atomic mass is 16.5. The van der Waals surface area contributed by atoms with Crippen molar-refractivity contribution >= 4 is 46.0 Å². The van der Waals surface area contributed by atoms with Gasteiger partial charge in [0.25, 0.3) is 11.8 Å². The molecule has 2 aromatic heterocycles. The highest BCUT2D eigenvalue weighted by Crippen LogP contribution is 2.41. The van der Waals surface area contributed by atoms with Gasteiger partial charge in [-0.05, 0) is 69.5 Å². The lowest BCUT2D eigenvalue weighted by atomic mass is 10.0. The molecule has 298 valence electrons. The number of imide groups is 2. The second kappa shape index (κ2) is 15.1. The van der Waals surface area contributed by atoms with Gasteiger partial charge in [-0.25, -0.2) is 9.97 Å². The van der Waals surface area contributed by atoms with Gasteiger partial charge in [-0.2, -0.15) is 5.10 Å². The monoisotopic (exact) mass is 776 g/mol. The van der Waals surface area contributed by atoms with E-state index in [9.17, 15) is 19.2 Å². The molecule has 4 fully saturated rings. The Morgan fingerprint density at radius 2 is 1.65 bits per heavy atom. The summed E-state index contributed by atoms with van der Waals surface area (Å²) in [6, 6.07) is 12.8. The van der Waals surface area contributed by atoms with Crippen LogP contribution in [0.3, 0.4) is 0 Å². The molecular formula is C41H48N10O6. The third kappa shape index (κ3) is 7.56. The largest absolute Gasteiger partial charge is 0.488 e. The van der Waals surface area contributed by atoms with E-state index >= 15 is 0 Å². The summed E-state index contributed by atoms with van der Waals surface area (Å²) < 4.78 is 12.3. The molecule has 1 saturated carbocycles. The maximum Gasteiger partial charge on any atom is 0.262 e.